The smallest absolute Gasteiger partial charge is 0.256 e. The lowest BCUT2D eigenvalue weighted by Crippen LogP contribution is -2.47. The number of rotatable bonds is 6. The van der Waals surface area contributed by atoms with Crippen LogP contribution in [0.3, 0.4) is 0 Å². The van der Waals surface area contributed by atoms with Crippen LogP contribution < -0.4 is 10.2 Å². The van der Waals surface area contributed by atoms with Crippen molar-refractivity contribution in [1.82, 2.24) is 20.0 Å². The molecule has 1 unspecified atom stereocenters. The molecule has 2 aromatic rings. The van der Waals surface area contributed by atoms with Crippen LogP contribution in [0.25, 0.3) is 0 Å². The Hall–Kier alpha value is -3.23. The first kappa shape index (κ1) is 23.5. The Balaban J connectivity index is 1.34. The summed E-state index contributed by atoms with van der Waals surface area (Å²) in [5.74, 6) is -0.302. The third-order valence-corrected chi connectivity index (χ3v) is 7.39. The summed E-state index contributed by atoms with van der Waals surface area (Å²) < 4.78 is 0. The molecule has 0 aromatic heterocycles. The highest BCUT2D eigenvalue weighted by Gasteiger charge is 2.42. The van der Waals surface area contributed by atoms with Crippen LogP contribution in [0.2, 0.25) is 0 Å². The van der Waals surface area contributed by atoms with Gasteiger partial charge in [-0.05, 0) is 43.7 Å². The van der Waals surface area contributed by atoms with E-state index < -0.39 is 6.04 Å². The van der Waals surface area contributed by atoms with Gasteiger partial charge in [0, 0.05) is 51.4 Å². The van der Waals surface area contributed by atoms with Gasteiger partial charge in [0.1, 0.15) is 6.04 Å². The van der Waals surface area contributed by atoms with Gasteiger partial charge in [0.05, 0.1) is 17.8 Å². The predicted octanol–water partition coefficient (Wildman–Crippen LogP) is 1.82. The second-order valence-electron chi connectivity index (χ2n) is 9.66. The molecule has 2 fully saturated rings. The third kappa shape index (κ3) is 4.81. The van der Waals surface area contributed by atoms with E-state index in [1.165, 1.54) is 0 Å². The number of fused-ring (bicyclic) bond motifs is 2. The number of nitrogens with one attached hydrogen (secondary N) is 1. The summed E-state index contributed by atoms with van der Waals surface area (Å²) in [6.07, 6.45) is 1.49. The van der Waals surface area contributed by atoms with Crippen molar-refractivity contribution < 1.29 is 14.4 Å². The molecule has 2 saturated heterocycles. The van der Waals surface area contributed by atoms with Crippen LogP contribution >= 0.6 is 0 Å². The number of anilines is 1. The van der Waals surface area contributed by atoms with E-state index in [1.807, 2.05) is 42.5 Å². The van der Waals surface area contributed by atoms with Crippen molar-refractivity contribution in [2.45, 2.75) is 25.4 Å². The fraction of sp³-hybridized carbons (Fsp3) is 0.444. The van der Waals surface area contributed by atoms with Gasteiger partial charge >= 0.3 is 0 Å². The van der Waals surface area contributed by atoms with Crippen molar-refractivity contribution in [1.29, 1.82) is 0 Å². The van der Waals surface area contributed by atoms with Gasteiger partial charge in [-0.3, -0.25) is 19.3 Å². The lowest BCUT2D eigenvalue weighted by molar-refractivity contribution is -0.122. The molecule has 3 heterocycles. The van der Waals surface area contributed by atoms with Gasteiger partial charge in [0.25, 0.3) is 11.8 Å². The minimum atomic E-state index is -0.445. The maximum Gasteiger partial charge on any atom is 0.256 e. The Labute approximate surface area is 206 Å². The van der Waals surface area contributed by atoms with Crippen molar-refractivity contribution in [3.63, 3.8) is 0 Å². The van der Waals surface area contributed by atoms with E-state index in [2.05, 4.69) is 22.2 Å². The van der Waals surface area contributed by atoms with Crippen LogP contribution in [0.1, 0.15) is 39.1 Å². The molecular formula is C27H33N5O3. The predicted molar refractivity (Wildman–Crippen MR) is 134 cm³/mol. The number of likely N-dealkylation sites (N-methyl/N-ethyl adjacent to an activating group) is 1. The topological polar surface area (TPSA) is 76.2 Å². The van der Waals surface area contributed by atoms with E-state index in [0.717, 1.165) is 44.7 Å². The number of benzene rings is 2. The van der Waals surface area contributed by atoms with E-state index in [-0.39, 0.29) is 24.3 Å². The zero-order chi connectivity index (χ0) is 24.4. The number of carbonyl (C=O) groups excluding carboxylic acids is 3. The number of para-hydroxylation sites is 1. The van der Waals surface area contributed by atoms with Crippen molar-refractivity contribution in [3.05, 3.63) is 65.2 Å². The number of piperazine rings is 1. The van der Waals surface area contributed by atoms with Gasteiger partial charge in [-0.15, -0.1) is 0 Å². The van der Waals surface area contributed by atoms with Gasteiger partial charge in [-0.1, -0.05) is 30.3 Å². The highest BCUT2D eigenvalue weighted by Crippen LogP contribution is 2.33. The Bertz CT molecular complexity index is 1110. The summed E-state index contributed by atoms with van der Waals surface area (Å²) in [5, 5.41) is 3.06. The number of carbonyl (C=O) groups is 3. The first-order valence-electron chi connectivity index (χ1n) is 12.5. The molecule has 3 aliphatic rings. The highest BCUT2D eigenvalue weighted by molar-refractivity contribution is 6.11. The average Bonchev–Trinajstić information content (AvgIpc) is 3.35. The van der Waals surface area contributed by atoms with Crippen molar-refractivity contribution in [2.75, 3.05) is 57.8 Å². The van der Waals surface area contributed by atoms with Crippen molar-refractivity contribution in [2.24, 2.45) is 0 Å². The molecule has 35 heavy (non-hydrogen) atoms. The molecule has 2 aromatic carbocycles. The van der Waals surface area contributed by atoms with Crippen molar-refractivity contribution >= 4 is 23.4 Å². The molecule has 3 aliphatic heterocycles. The Morgan fingerprint density at radius 3 is 2.54 bits per heavy atom. The SMILES string of the molecule is CN1CCN(CCNC(=O)c2ccccc2CN2C(=O)C3CCCN3C(=O)c3ccccc32)CC1. The molecule has 0 bridgehead atoms. The highest BCUT2D eigenvalue weighted by atomic mass is 16.2. The number of amides is 3. The Morgan fingerprint density at radius 2 is 1.71 bits per heavy atom. The quantitative estimate of drug-likeness (QED) is 0.690. The van der Waals surface area contributed by atoms with Gasteiger partial charge in [-0.25, -0.2) is 0 Å². The summed E-state index contributed by atoms with van der Waals surface area (Å²) in [6, 6.07) is 14.3. The van der Waals surface area contributed by atoms with Gasteiger partial charge in [0.15, 0.2) is 0 Å². The van der Waals surface area contributed by atoms with Crippen LogP contribution in [-0.2, 0) is 11.3 Å². The zero-order valence-corrected chi connectivity index (χ0v) is 20.3. The van der Waals surface area contributed by atoms with E-state index in [1.54, 1.807) is 15.9 Å². The number of hydrogen-bond acceptors (Lipinski definition) is 5. The van der Waals surface area contributed by atoms with Gasteiger partial charge in [0.2, 0.25) is 5.91 Å². The van der Waals surface area contributed by atoms with E-state index >= 15 is 0 Å². The largest absolute Gasteiger partial charge is 0.351 e. The van der Waals surface area contributed by atoms with Crippen LogP contribution in [0.15, 0.2) is 48.5 Å². The average molecular weight is 476 g/mol. The number of hydrogen-bond donors (Lipinski definition) is 1. The standard InChI is InChI=1S/C27H33N5O3/c1-29-15-17-30(18-16-29)14-12-28-25(33)21-8-3-2-7-20(21)19-32-23-10-5-4-9-22(23)26(34)31-13-6-11-24(31)27(32)35/h2-5,7-10,24H,6,11-19H2,1H3,(H,28,33). The number of nitrogens with zero attached hydrogens (tertiary/aromatic N) is 4. The summed E-state index contributed by atoms with van der Waals surface area (Å²) in [6.45, 7) is 6.35. The van der Waals surface area contributed by atoms with E-state index in [9.17, 15) is 14.4 Å². The molecule has 5 rings (SSSR count). The van der Waals surface area contributed by atoms with E-state index in [4.69, 9.17) is 0 Å². The summed E-state index contributed by atoms with van der Waals surface area (Å²) in [4.78, 5) is 48.0. The molecule has 0 spiro atoms. The van der Waals surface area contributed by atoms with Crippen molar-refractivity contribution in [3.8, 4) is 0 Å². The maximum absolute atomic E-state index is 13.6. The van der Waals surface area contributed by atoms with Gasteiger partial charge < -0.3 is 20.0 Å². The molecule has 8 heteroatoms. The fourth-order valence-electron chi connectivity index (χ4n) is 5.32. The molecule has 0 saturated carbocycles. The molecule has 0 aliphatic carbocycles. The molecule has 184 valence electrons. The minimum Gasteiger partial charge on any atom is -0.351 e. The first-order chi connectivity index (χ1) is 17.0. The third-order valence-electron chi connectivity index (χ3n) is 7.39. The van der Waals surface area contributed by atoms with Crippen LogP contribution in [0, 0.1) is 0 Å². The van der Waals surface area contributed by atoms with Crippen LogP contribution in [-0.4, -0.2) is 91.3 Å². The summed E-state index contributed by atoms with van der Waals surface area (Å²) >= 11 is 0. The fourth-order valence-corrected chi connectivity index (χ4v) is 5.32. The maximum atomic E-state index is 13.6. The first-order valence-corrected chi connectivity index (χ1v) is 12.5. The molecule has 0 radical (unpaired) electrons. The molecule has 3 amide bonds. The van der Waals surface area contributed by atoms with Crippen LogP contribution in [0.5, 0.6) is 0 Å². The Morgan fingerprint density at radius 1 is 0.971 bits per heavy atom. The van der Waals surface area contributed by atoms with E-state index in [0.29, 0.717) is 36.3 Å². The lowest BCUT2D eigenvalue weighted by Gasteiger charge is -2.32. The van der Waals surface area contributed by atoms with Gasteiger partial charge in [-0.2, -0.15) is 0 Å². The second-order valence-corrected chi connectivity index (χ2v) is 9.66. The van der Waals surface area contributed by atoms with Crippen LogP contribution in [0.4, 0.5) is 5.69 Å². The molecule has 1 atom stereocenters. The normalized spacial score (nSPS) is 21.0. The molecule has 8 nitrogen and oxygen atoms in total. The monoisotopic (exact) mass is 475 g/mol. The summed E-state index contributed by atoms with van der Waals surface area (Å²) in [7, 11) is 2.13. The zero-order valence-electron chi connectivity index (χ0n) is 20.3. The minimum absolute atomic E-state index is 0.0777. The second kappa shape index (κ2) is 10.2. The molecular weight excluding hydrogens is 442 g/mol. The Kier molecular flexibility index (Phi) is 6.83. The molecule has 1 N–H and O–H groups in total. The lowest BCUT2D eigenvalue weighted by atomic mass is 10.0. The summed E-state index contributed by atoms with van der Waals surface area (Å²) in [5.41, 5.74) is 2.49.